The Morgan fingerprint density at radius 1 is 0.419 bits per heavy atom. The van der Waals surface area contributed by atoms with Crippen molar-refractivity contribution in [2.24, 2.45) is 0 Å². The molecule has 4 heteroatoms. The summed E-state index contributed by atoms with van der Waals surface area (Å²) in [5.41, 5.74) is 10.3. The van der Waals surface area contributed by atoms with Crippen LogP contribution in [0, 0.1) is 0 Å². The molecule has 4 heterocycles. The molecule has 0 saturated heterocycles. The van der Waals surface area contributed by atoms with Crippen molar-refractivity contribution in [3.63, 3.8) is 0 Å². The van der Waals surface area contributed by atoms with Crippen LogP contribution in [-0.4, -0.2) is 19.5 Å². The lowest BCUT2D eigenvalue weighted by molar-refractivity contribution is 1.18. The van der Waals surface area contributed by atoms with Crippen LogP contribution in [0.2, 0.25) is 0 Å². The molecule has 0 aliphatic carbocycles. The Balaban J connectivity index is 1.30. The van der Waals surface area contributed by atoms with E-state index in [0.29, 0.717) is 0 Å². The van der Waals surface area contributed by atoms with Crippen LogP contribution >= 0.6 is 0 Å². The average Bonchev–Trinajstić information content (AvgIpc) is 3.40. The van der Waals surface area contributed by atoms with Gasteiger partial charge in [-0.3, -0.25) is 4.98 Å². The van der Waals surface area contributed by atoms with Crippen molar-refractivity contribution in [3.8, 4) is 28.2 Å². The number of nitrogens with zero attached hydrogens (tertiary/aromatic N) is 4. The first-order chi connectivity index (χ1) is 21.3. The smallest absolute Gasteiger partial charge is 0.0894 e. The summed E-state index contributed by atoms with van der Waals surface area (Å²) in [6.45, 7) is 0. The normalized spacial score (nSPS) is 11.7. The summed E-state index contributed by atoms with van der Waals surface area (Å²) in [5.74, 6) is 0. The molecule has 0 atom stereocenters. The Kier molecular flexibility index (Phi) is 5.16. The number of hydrogen-bond acceptors (Lipinski definition) is 3. The van der Waals surface area contributed by atoms with Crippen molar-refractivity contribution in [3.05, 3.63) is 146 Å². The Labute approximate surface area is 247 Å². The number of benzene rings is 5. The first-order valence-corrected chi connectivity index (χ1v) is 14.5. The molecule has 4 nitrogen and oxygen atoms in total. The molecule has 0 aliphatic rings. The zero-order valence-corrected chi connectivity index (χ0v) is 23.1. The van der Waals surface area contributed by atoms with Gasteiger partial charge in [0.05, 0.1) is 39.0 Å². The summed E-state index contributed by atoms with van der Waals surface area (Å²) in [5, 5.41) is 5.98. The number of rotatable bonds is 3. The van der Waals surface area contributed by atoms with Crippen molar-refractivity contribution in [1.29, 1.82) is 0 Å². The summed E-state index contributed by atoms with van der Waals surface area (Å²) < 4.78 is 2.37. The fourth-order valence-corrected chi connectivity index (χ4v) is 6.41. The van der Waals surface area contributed by atoms with Crippen LogP contribution in [0.25, 0.3) is 82.7 Å². The second-order valence-electron chi connectivity index (χ2n) is 10.9. The van der Waals surface area contributed by atoms with Crippen molar-refractivity contribution < 1.29 is 0 Å². The van der Waals surface area contributed by atoms with Gasteiger partial charge in [0.2, 0.25) is 0 Å². The maximum Gasteiger partial charge on any atom is 0.0894 e. The number of hydrogen-bond donors (Lipinski definition) is 0. The SMILES string of the molecule is c1ccc(-n2c3ccccc3c3cc4c(cc32)c(-c2ccc(-c3ccc5ncccc5n3)cc2)nc2ccccc24)cc1. The second-order valence-corrected chi connectivity index (χ2v) is 10.9. The summed E-state index contributed by atoms with van der Waals surface area (Å²) in [4.78, 5) is 14.5. The topological polar surface area (TPSA) is 43.6 Å². The molecule has 0 aliphatic heterocycles. The third-order valence-electron chi connectivity index (χ3n) is 8.42. The molecule has 0 bridgehead atoms. The van der Waals surface area contributed by atoms with Gasteiger partial charge in [0.25, 0.3) is 0 Å². The van der Waals surface area contributed by atoms with Gasteiger partial charge in [-0.05, 0) is 66.0 Å². The van der Waals surface area contributed by atoms with Crippen LogP contribution < -0.4 is 0 Å². The molecular formula is C39H24N4. The van der Waals surface area contributed by atoms with Gasteiger partial charge in [-0.1, -0.05) is 78.9 Å². The van der Waals surface area contributed by atoms with Gasteiger partial charge in [-0.15, -0.1) is 0 Å². The van der Waals surface area contributed by atoms with Crippen LogP contribution in [0.3, 0.4) is 0 Å². The van der Waals surface area contributed by atoms with Crippen LogP contribution in [0.15, 0.2) is 146 Å². The van der Waals surface area contributed by atoms with Crippen LogP contribution in [0.5, 0.6) is 0 Å². The minimum Gasteiger partial charge on any atom is -0.309 e. The second kappa shape index (κ2) is 9.33. The highest BCUT2D eigenvalue weighted by Gasteiger charge is 2.17. The molecule has 9 aromatic rings. The molecule has 0 unspecified atom stereocenters. The van der Waals surface area contributed by atoms with E-state index in [4.69, 9.17) is 9.97 Å². The predicted octanol–water partition coefficient (Wildman–Crippen LogP) is 9.76. The van der Waals surface area contributed by atoms with Gasteiger partial charge in [0.1, 0.15) is 0 Å². The van der Waals surface area contributed by atoms with E-state index in [9.17, 15) is 0 Å². The molecule has 4 aromatic heterocycles. The molecule has 0 radical (unpaired) electrons. The van der Waals surface area contributed by atoms with E-state index in [1.807, 2.05) is 24.3 Å². The maximum absolute atomic E-state index is 5.25. The molecule has 0 N–H and O–H groups in total. The molecule has 0 fully saturated rings. The molecule has 0 saturated carbocycles. The lowest BCUT2D eigenvalue weighted by atomic mass is 9.97. The van der Waals surface area contributed by atoms with Gasteiger partial charge in [0, 0.05) is 44.6 Å². The molecule has 43 heavy (non-hydrogen) atoms. The summed E-state index contributed by atoms with van der Waals surface area (Å²) in [6.07, 6.45) is 1.80. The fraction of sp³-hybridized carbons (Fsp3) is 0. The first-order valence-electron chi connectivity index (χ1n) is 14.5. The van der Waals surface area contributed by atoms with E-state index in [0.717, 1.165) is 55.5 Å². The highest BCUT2D eigenvalue weighted by molar-refractivity contribution is 6.20. The minimum absolute atomic E-state index is 0.893. The van der Waals surface area contributed by atoms with E-state index in [1.54, 1.807) is 6.20 Å². The number of aromatic nitrogens is 4. The summed E-state index contributed by atoms with van der Waals surface area (Å²) >= 11 is 0. The molecular weight excluding hydrogens is 524 g/mol. The highest BCUT2D eigenvalue weighted by atomic mass is 15.0. The van der Waals surface area contributed by atoms with Gasteiger partial charge in [-0.25, -0.2) is 9.97 Å². The fourth-order valence-electron chi connectivity index (χ4n) is 6.41. The molecule has 200 valence electrons. The van der Waals surface area contributed by atoms with Gasteiger partial charge < -0.3 is 4.57 Å². The Morgan fingerprint density at radius 2 is 1.16 bits per heavy atom. The standard InChI is InChI=1S/C39H24N4/c1-2-9-27(10-3-1)43-37-15-7-5-12-29(37)31-23-30-28-11-4-6-13-34(28)42-39(32(30)24-38(31)43)26-18-16-25(17-19-26)33-20-21-35-36(41-33)14-8-22-40-35/h1-24H. The number of fused-ring (bicyclic) bond motifs is 7. The average molecular weight is 549 g/mol. The minimum atomic E-state index is 0.893. The van der Waals surface area contributed by atoms with E-state index in [2.05, 4.69) is 125 Å². The summed E-state index contributed by atoms with van der Waals surface area (Å²) in [6, 6.07) is 49.0. The van der Waals surface area contributed by atoms with Crippen molar-refractivity contribution in [1.82, 2.24) is 19.5 Å². The molecule has 0 amide bonds. The first kappa shape index (κ1) is 23.8. The molecule has 9 rings (SSSR count). The Hall–Kier alpha value is -5.87. The molecule has 0 spiro atoms. The van der Waals surface area contributed by atoms with Crippen LogP contribution in [0.4, 0.5) is 0 Å². The van der Waals surface area contributed by atoms with Crippen molar-refractivity contribution >= 4 is 54.5 Å². The Bertz CT molecular complexity index is 2490. The number of para-hydroxylation sites is 3. The third-order valence-corrected chi connectivity index (χ3v) is 8.42. The van der Waals surface area contributed by atoms with E-state index < -0.39 is 0 Å². The number of pyridine rings is 3. The van der Waals surface area contributed by atoms with Gasteiger partial charge in [-0.2, -0.15) is 0 Å². The van der Waals surface area contributed by atoms with Gasteiger partial charge >= 0.3 is 0 Å². The van der Waals surface area contributed by atoms with Crippen molar-refractivity contribution in [2.75, 3.05) is 0 Å². The lowest BCUT2D eigenvalue weighted by Gasteiger charge is -2.13. The van der Waals surface area contributed by atoms with E-state index in [-0.39, 0.29) is 0 Å². The largest absolute Gasteiger partial charge is 0.309 e. The maximum atomic E-state index is 5.25. The predicted molar refractivity (Wildman–Crippen MR) is 178 cm³/mol. The monoisotopic (exact) mass is 548 g/mol. The van der Waals surface area contributed by atoms with Crippen LogP contribution in [0.1, 0.15) is 0 Å². The van der Waals surface area contributed by atoms with Gasteiger partial charge in [0.15, 0.2) is 0 Å². The lowest BCUT2D eigenvalue weighted by Crippen LogP contribution is -1.94. The summed E-state index contributed by atoms with van der Waals surface area (Å²) in [7, 11) is 0. The quantitative estimate of drug-likeness (QED) is 0.206. The molecule has 5 aromatic carbocycles. The Morgan fingerprint density at radius 3 is 2.05 bits per heavy atom. The third kappa shape index (κ3) is 3.74. The van der Waals surface area contributed by atoms with Crippen LogP contribution in [-0.2, 0) is 0 Å². The van der Waals surface area contributed by atoms with E-state index in [1.165, 1.54) is 27.2 Å². The zero-order chi connectivity index (χ0) is 28.3. The van der Waals surface area contributed by atoms with E-state index >= 15 is 0 Å². The zero-order valence-electron chi connectivity index (χ0n) is 23.1. The highest BCUT2D eigenvalue weighted by Crippen LogP contribution is 2.40. The van der Waals surface area contributed by atoms with Crippen molar-refractivity contribution in [2.45, 2.75) is 0 Å².